The fourth-order valence-electron chi connectivity index (χ4n) is 1.61. The lowest BCUT2D eigenvalue weighted by atomic mass is 10.0. The van der Waals surface area contributed by atoms with E-state index in [1.54, 1.807) is 4.90 Å². The number of rotatable bonds is 3. The van der Waals surface area contributed by atoms with Crippen LogP contribution in [0.5, 0.6) is 0 Å². The van der Waals surface area contributed by atoms with E-state index >= 15 is 0 Å². The van der Waals surface area contributed by atoms with Crippen LogP contribution in [0.3, 0.4) is 0 Å². The van der Waals surface area contributed by atoms with Gasteiger partial charge in [-0.05, 0) is 25.9 Å². The van der Waals surface area contributed by atoms with Crippen molar-refractivity contribution < 1.29 is 18.3 Å². The highest BCUT2D eigenvalue weighted by molar-refractivity contribution is 4.95. The van der Waals surface area contributed by atoms with Gasteiger partial charge < -0.3 is 10.8 Å². The fourth-order valence-corrected chi connectivity index (χ4v) is 1.61. The van der Waals surface area contributed by atoms with Crippen LogP contribution in [0.25, 0.3) is 0 Å². The normalized spacial score (nSPS) is 29.8. The fraction of sp³-hybridized carbons (Fsp3) is 1.00. The van der Waals surface area contributed by atoms with Crippen molar-refractivity contribution in [2.24, 2.45) is 5.73 Å². The zero-order valence-electron chi connectivity index (χ0n) is 7.85. The molecule has 0 radical (unpaired) electrons. The van der Waals surface area contributed by atoms with Gasteiger partial charge >= 0.3 is 6.18 Å². The molecule has 1 aliphatic heterocycles. The predicted octanol–water partition coefficient (Wildman–Crippen LogP) is 0.334. The maximum absolute atomic E-state index is 12.3. The van der Waals surface area contributed by atoms with E-state index in [1.807, 2.05) is 0 Å². The van der Waals surface area contributed by atoms with Gasteiger partial charge in [0.1, 0.15) is 0 Å². The second kappa shape index (κ2) is 4.04. The number of hydrogen-bond donors (Lipinski definition) is 2. The smallest absolute Gasteiger partial charge is 0.379 e. The summed E-state index contributed by atoms with van der Waals surface area (Å²) in [4.78, 5) is 1.60. The van der Waals surface area contributed by atoms with Gasteiger partial charge in [-0.2, -0.15) is 13.2 Å². The Balaban J connectivity index is 2.47. The highest BCUT2D eigenvalue weighted by Crippen LogP contribution is 2.37. The number of hydrogen-bond acceptors (Lipinski definition) is 3. The van der Waals surface area contributed by atoms with E-state index in [-0.39, 0.29) is 19.5 Å². The summed E-state index contributed by atoms with van der Waals surface area (Å²) in [5.41, 5.74) is 2.74. The summed E-state index contributed by atoms with van der Waals surface area (Å²) >= 11 is 0. The molecule has 0 unspecified atom stereocenters. The molecular formula is C8H15F3N2O. The van der Waals surface area contributed by atoms with Crippen molar-refractivity contribution in [3.8, 4) is 0 Å². The van der Waals surface area contributed by atoms with Crippen molar-refractivity contribution in [3.05, 3.63) is 0 Å². The summed E-state index contributed by atoms with van der Waals surface area (Å²) in [7, 11) is 0. The van der Waals surface area contributed by atoms with Crippen LogP contribution >= 0.6 is 0 Å². The Bertz CT molecular complexity index is 198. The Morgan fingerprint density at radius 2 is 2.07 bits per heavy atom. The summed E-state index contributed by atoms with van der Waals surface area (Å²) in [6.45, 7) is 0.947. The first-order valence-corrected chi connectivity index (χ1v) is 4.60. The molecule has 3 N–H and O–H groups in total. The zero-order chi connectivity index (χ0) is 10.8. The number of alkyl halides is 3. The van der Waals surface area contributed by atoms with Crippen LogP contribution in [0.1, 0.15) is 12.8 Å². The van der Waals surface area contributed by atoms with E-state index in [1.165, 1.54) is 0 Å². The number of nitrogens with zero attached hydrogens (tertiary/aromatic N) is 1. The highest BCUT2D eigenvalue weighted by Gasteiger charge is 2.56. The van der Waals surface area contributed by atoms with Gasteiger partial charge in [0.05, 0.1) is 0 Å². The molecule has 0 bridgehead atoms. The molecule has 0 aromatic heterocycles. The standard InChI is InChI=1S/C8H15F3N2O/c9-8(10,11)7(14)2-5-13(6-7)4-1-3-12/h14H,1-6,12H2/t7-/m0/s1. The van der Waals surface area contributed by atoms with Crippen LogP contribution in [0.2, 0.25) is 0 Å². The maximum Gasteiger partial charge on any atom is 0.418 e. The molecule has 6 heteroatoms. The van der Waals surface area contributed by atoms with E-state index in [2.05, 4.69) is 0 Å². The number of likely N-dealkylation sites (tertiary alicyclic amines) is 1. The molecule has 0 amide bonds. The summed E-state index contributed by atoms with van der Waals surface area (Å²) in [5.74, 6) is 0. The lowest BCUT2D eigenvalue weighted by Gasteiger charge is -2.25. The van der Waals surface area contributed by atoms with Crippen LogP contribution in [-0.2, 0) is 0 Å². The second-order valence-corrected chi connectivity index (χ2v) is 3.70. The third kappa shape index (κ3) is 2.37. The predicted molar refractivity (Wildman–Crippen MR) is 45.7 cm³/mol. The molecule has 0 aliphatic carbocycles. The molecule has 0 saturated carbocycles. The molecule has 1 saturated heterocycles. The lowest BCUT2D eigenvalue weighted by molar-refractivity contribution is -0.253. The number of β-amino-alcohol motifs (C(OH)–C–C–N with tert-alkyl or cyclic N) is 1. The van der Waals surface area contributed by atoms with Crippen molar-refractivity contribution in [2.45, 2.75) is 24.6 Å². The van der Waals surface area contributed by atoms with Crippen LogP contribution < -0.4 is 5.73 Å². The average molecular weight is 212 g/mol. The molecular weight excluding hydrogens is 197 g/mol. The lowest BCUT2D eigenvalue weighted by Crippen LogP contribution is -2.47. The van der Waals surface area contributed by atoms with Crippen molar-refractivity contribution in [2.75, 3.05) is 26.2 Å². The number of nitrogens with two attached hydrogens (primary N) is 1. The largest absolute Gasteiger partial charge is 0.418 e. The Morgan fingerprint density at radius 1 is 1.43 bits per heavy atom. The molecule has 1 aliphatic rings. The summed E-state index contributed by atoms with van der Waals surface area (Å²) < 4.78 is 37.0. The Morgan fingerprint density at radius 3 is 2.50 bits per heavy atom. The van der Waals surface area contributed by atoms with E-state index in [0.29, 0.717) is 19.5 Å². The van der Waals surface area contributed by atoms with Gasteiger partial charge in [-0.3, -0.25) is 4.90 Å². The van der Waals surface area contributed by atoms with Gasteiger partial charge in [-0.1, -0.05) is 0 Å². The zero-order valence-corrected chi connectivity index (χ0v) is 7.85. The molecule has 0 spiro atoms. The monoisotopic (exact) mass is 212 g/mol. The minimum atomic E-state index is -4.52. The van der Waals surface area contributed by atoms with Crippen LogP contribution in [0.15, 0.2) is 0 Å². The minimum Gasteiger partial charge on any atom is -0.379 e. The van der Waals surface area contributed by atoms with Gasteiger partial charge in [-0.15, -0.1) is 0 Å². The Kier molecular flexibility index (Phi) is 3.39. The highest BCUT2D eigenvalue weighted by atomic mass is 19.4. The molecule has 84 valence electrons. The Labute approximate surface area is 80.7 Å². The van der Waals surface area contributed by atoms with E-state index in [4.69, 9.17) is 5.73 Å². The third-order valence-electron chi connectivity index (χ3n) is 2.53. The molecule has 0 aromatic carbocycles. The van der Waals surface area contributed by atoms with Gasteiger partial charge in [0.2, 0.25) is 0 Å². The quantitative estimate of drug-likeness (QED) is 0.709. The van der Waals surface area contributed by atoms with Gasteiger partial charge in [0.25, 0.3) is 0 Å². The van der Waals surface area contributed by atoms with Crippen molar-refractivity contribution in [1.29, 1.82) is 0 Å². The summed E-state index contributed by atoms with van der Waals surface area (Å²) in [6.07, 6.45) is -4.10. The van der Waals surface area contributed by atoms with Gasteiger partial charge in [0.15, 0.2) is 5.60 Å². The molecule has 0 aromatic rings. The first-order chi connectivity index (χ1) is 6.39. The minimum absolute atomic E-state index is 0.235. The molecule has 1 fully saturated rings. The maximum atomic E-state index is 12.3. The average Bonchev–Trinajstić information content (AvgIpc) is 2.44. The summed E-state index contributed by atoms with van der Waals surface area (Å²) in [6, 6.07) is 0. The van der Waals surface area contributed by atoms with Crippen molar-refractivity contribution in [1.82, 2.24) is 4.90 Å². The van der Waals surface area contributed by atoms with Crippen LogP contribution in [0.4, 0.5) is 13.2 Å². The van der Waals surface area contributed by atoms with E-state index < -0.39 is 11.8 Å². The van der Waals surface area contributed by atoms with Gasteiger partial charge in [0, 0.05) is 13.1 Å². The first-order valence-electron chi connectivity index (χ1n) is 4.60. The molecule has 3 nitrogen and oxygen atoms in total. The SMILES string of the molecule is NCCCN1CC[C@@](O)(C(F)(F)F)C1. The van der Waals surface area contributed by atoms with E-state index in [0.717, 1.165) is 0 Å². The number of halogens is 3. The van der Waals surface area contributed by atoms with Crippen molar-refractivity contribution in [3.63, 3.8) is 0 Å². The summed E-state index contributed by atoms with van der Waals surface area (Å²) in [5, 5.41) is 9.30. The topological polar surface area (TPSA) is 49.5 Å². The Hall–Kier alpha value is -0.330. The number of aliphatic hydroxyl groups is 1. The van der Waals surface area contributed by atoms with E-state index in [9.17, 15) is 18.3 Å². The molecule has 14 heavy (non-hydrogen) atoms. The molecule has 1 heterocycles. The first kappa shape index (κ1) is 11.7. The molecule has 1 rings (SSSR count). The van der Waals surface area contributed by atoms with Gasteiger partial charge in [-0.25, -0.2) is 0 Å². The second-order valence-electron chi connectivity index (χ2n) is 3.70. The van der Waals surface area contributed by atoms with Crippen LogP contribution in [-0.4, -0.2) is 48.0 Å². The molecule has 1 atom stereocenters. The van der Waals surface area contributed by atoms with Crippen LogP contribution in [0, 0.1) is 0 Å². The third-order valence-corrected chi connectivity index (χ3v) is 2.53. The van der Waals surface area contributed by atoms with Crippen molar-refractivity contribution >= 4 is 0 Å².